The summed E-state index contributed by atoms with van der Waals surface area (Å²) >= 11 is 6.30. The molecule has 0 aliphatic carbocycles. The van der Waals surface area contributed by atoms with Crippen molar-refractivity contribution in [2.24, 2.45) is 0 Å². The predicted molar refractivity (Wildman–Crippen MR) is 141 cm³/mol. The number of ether oxygens (including phenoxy) is 4. The van der Waals surface area contributed by atoms with Crippen LogP contribution in [0.5, 0.6) is 11.5 Å². The molecule has 0 unspecified atom stereocenters. The zero-order valence-electron chi connectivity index (χ0n) is 21.0. The zero-order valence-corrected chi connectivity index (χ0v) is 21.7. The highest BCUT2D eigenvalue weighted by Crippen LogP contribution is 2.30. The summed E-state index contributed by atoms with van der Waals surface area (Å²) in [5.41, 5.74) is 9.49. The van der Waals surface area contributed by atoms with Crippen LogP contribution in [-0.4, -0.2) is 54.5 Å². The van der Waals surface area contributed by atoms with Crippen LogP contribution in [0.25, 0.3) is 5.65 Å². The fourth-order valence-electron chi connectivity index (χ4n) is 3.75. The average molecular weight is 526 g/mol. The molecule has 4 rings (SSSR count). The number of imidazole rings is 1. The van der Waals surface area contributed by atoms with Crippen LogP contribution in [0.2, 0.25) is 5.15 Å². The first-order valence-corrected chi connectivity index (χ1v) is 11.8. The molecule has 0 fully saturated rings. The molecule has 0 radical (unpaired) electrons. The summed E-state index contributed by atoms with van der Waals surface area (Å²) in [6.07, 6.45) is 0.898. The molecular formula is C26H28ClN5O5. The molecule has 0 spiro atoms. The molecule has 2 heterocycles. The van der Waals surface area contributed by atoms with E-state index in [0.29, 0.717) is 29.4 Å². The minimum atomic E-state index is -0.592. The van der Waals surface area contributed by atoms with Crippen LogP contribution in [0.3, 0.4) is 0 Å². The van der Waals surface area contributed by atoms with Crippen molar-refractivity contribution >= 4 is 40.3 Å². The summed E-state index contributed by atoms with van der Waals surface area (Å²) in [5.74, 6) is 0.753. The molecule has 11 heteroatoms. The number of fused-ring (bicyclic) bond motifs is 1. The van der Waals surface area contributed by atoms with Crippen LogP contribution in [0, 0.1) is 0 Å². The van der Waals surface area contributed by atoms with Gasteiger partial charge in [-0.3, -0.25) is 0 Å². The van der Waals surface area contributed by atoms with Crippen molar-refractivity contribution in [3.05, 3.63) is 71.1 Å². The number of carbonyl (C=O) groups excluding carboxylic acids is 1. The molecule has 2 aromatic heterocycles. The quantitative estimate of drug-likeness (QED) is 0.236. The van der Waals surface area contributed by atoms with Gasteiger partial charge in [0.25, 0.3) is 0 Å². The smallest absolute Gasteiger partial charge is 0.359 e. The normalized spacial score (nSPS) is 11.8. The van der Waals surface area contributed by atoms with Gasteiger partial charge in [-0.2, -0.15) is 5.10 Å². The molecule has 4 aromatic rings. The Morgan fingerprint density at radius 2 is 1.89 bits per heavy atom. The lowest BCUT2D eigenvalue weighted by Crippen LogP contribution is -2.22. The van der Waals surface area contributed by atoms with E-state index in [-0.39, 0.29) is 17.5 Å². The lowest BCUT2D eigenvalue weighted by Gasteiger charge is -2.20. The zero-order chi connectivity index (χ0) is 26.5. The number of anilines is 3. The van der Waals surface area contributed by atoms with Crippen molar-refractivity contribution in [1.82, 2.24) is 14.6 Å². The number of rotatable bonds is 10. The van der Waals surface area contributed by atoms with Gasteiger partial charge in [-0.25, -0.2) is 14.3 Å². The van der Waals surface area contributed by atoms with E-state index in [1.807, 2.05) is 42.3 Å². The van der Waals surface area contributed by atoms with Gasteiger partial charge >= 0.3 is 5.97 Å². The number of carbonyl (C=O) groups is 1. The van der Waals surface area contributed by atoms with Crippen molar-refractivity contribution in [1.29, 1.82) is 0 Å². The van der Waals surface area contributed by atoms with Gasteiger partial charge in [0.2, 0.25) is 0 Å². The largest absolute Gasteiger partial charge is 0.497 e. The standard InChI is InChI=1S/C26H28ClN5O5/c1-16(14-36-15-17-5-10-23(35-4)20(28)11-17)37-26(33)22-13-29-25-21(12-24(27)30-32(22)25)31(2)18-6-8-19(34-3)9-7-18/h5-13,16H,14-15,28H2,1-4H3/t16-/m1/s1. The Hall–Kier alpha value is -4.02. The molecule has 0 aliphatic rings. The summed E-state index contributed by atoms with van der Waals surface area (Å²) < 4.78 is 23.0. The van der Waals surface area contributed by atoms with Gasteiger partial charge in [-0.15, -0.1) is 0 Å². The molecule has 0 saturated heterocycles. The molecule has 194 valence electrons. The van der Waals surface area contributed by atoms with Crippen LogP contribution in [-0.2, 0) is 16.1 Å². The summed E-state index contributed by atoms with van der Waals surface area (Å²) in [6.45, 7) is 2.24. The number of benzene rings is 2. The highest BCUT2D eigenvalue weighted by atomic mass is 35.5. The Balaban J connectivity index is 1.44. The van der Waals surface area contributed by atoms with Gasteiger partial charge in [0, 0.05) is 18.8 Å². The second-order valence-corrected chi connectivity index (χ2v) is 8.68. The first-order valence-electron chi connectivity index (χ1n) is 11.4. The third-order valence-corrected chi connectivity index (χ3v) is 5.86. The van der Waals surface area contributed by atoms with Crippen LogP contribution in [0.1, 0.15) is 23.0 Å². The van der Waals surface area contributed by atoms with Gasteiger partial charge in [-0.1, -0.05) is 17.7 Å². The number of aromatic nitrogens is 3. The Morgan fingerprint density at radius 1 is 1.14 bits per heavy atom. The van der Waals surface area contributed by atoms with E-state index in [1.165, 1.54) is 10.7 Å². The van der Waals surface area contributed by atoms with Crippen LogP contribution in [0.4, 0.5) is 17.1 Å². The van der Waals surface area contributed by atoms with Gasteiger partial charge < -0.3 is 29.6 Å². The van der Waals surface area contributed by atoms with Gasteiger partial charge in [0.1, 0.15) is 17.6 Å². The topological polar surface area (TPSA) is 113 Å². The van der Waals surface area contributed by atoms with Crippen LogP contribution >= 0.6 is 11.6 Å². The van der Waals surface area contributed by atoms with Gasteiger partial charge in [0.15, 0.2) is 16.5 Å². The Labute approximate surface area is 219 Å². The lowest BCUT2D eigenvalue weighted by molar-refractivity contribution is -0.00231. The van der Waals surface area contributed by atoms with Gasteiger partial charge in [0.05, 0.1) is 45.0 Å². The maximum Gasteiger partial charge on any atom is 0.359 e. The van der Waals surface area contributed by atoms with Crippen molar-refractivity contribution in [3.8, 4) is 11.5 Å². The minimum absolute atomic E-state index is 0.150. The minimum Gasteiger partial charge on any atom is -0.497 e. The number of nitrogens with two attached hydrogens (primary N) is 1. The number of halogens is 1. The number of methoxy groups -OCH3 is 2. The van der Waals surface area contributed by atoms with E-state index in [1.54, 1.807) is 39.3 Å². The predicted octanol–water partition coefficient (Wildman–Crippen LogP) is 4.51. The van der Waals surface area contributed by atoms with Crippen LogP contribution < -0.4 is 20.1 Å². The molecule has 0 saturated carbocycles. The maximum absolute atomic E-state index is 12.9. The third-order valence-electron chi connectivity index (χ3n) is 5.67. The summed E-state index contributed by atoms with van der Waals surface area (Å²) in [5, 5.41) is 4.47. The van der Waals surface area contributed by atoms with Crippen LogP contribution in [0.15, 0.2) is 54.7 Å². The first kappa shape index (κ1) is 26.1. The molecule has 0 bridgehead atoms. The van der Waals surface area contributed by atoms with Gasteiger partial charge in [-0.05, 0) is 48.9 Å². The second kappa shape index (κ2) is 11.4. The molecule has 0 aliphatic heterocycles. The van der Waals surface area contributed by atoms with E-state index in [2.05, 4.69) is 10.1 Å². The highest BCUT2D eigenvalue weighted by molar-refractivity contribution is 6.29. The lowest BCUT2D eigenvalue weighted by atomic mass is 10.2. The summed E-state index contributed by atoms with van der Waals surface area (Å²) in [7, 11) is 5.04. The number of nitrogen functional groups attached to an aromatic ring is 1. The first-order chi connectivity index (χ1) is 17.8. The van der Waals surface area contributed by atoms with E-state index < -0.39 is 12.1 Å². The summed E-state index contributed by atoms with van der Waals surface area (Å²) in [4.78, 5) is 19.2. The van der Waals surface area contributed by atoms with E-state index >= 15 is 0 Å². The number of hydrogen-bond donors (Lipinski definition) is 1. The second-order valence-electron chi connectivity index (χ2n) is 8.30. The molecule has 0 amide bonds. The molecular weight excluding hydrogens is 498 g/mol. The Morgan fingerprint density at radius 3 is 2.57 bits per heavy atom. The fourth-order valence-corrected chi connectivity index (χ4v) is 3.93. The molecule has 2 aromatic carbocycles. The van der Waals surface area contributed by atoms with Crippen molar-refractivity contribution in [3.63, 3.8) is 0 Å². The molecule has 1 atom stereocenters. The van der Waals surface area contributed by atoms with Crippen molar-refractivity contribution in [2.45, 2.75) is 19.6 Å². The number of esters is 1. The van der Waals surface area contributed by atoms with Crippen molar-refractivity contribution in [2.75, 3.05) is 38.5 Å². The third kappa shape index (κ3) is 5.87. The monoisotopic (exact) mass is 525 g/mol. The Kier molecular flexibility index (Phi) is 8.00. The molecule has 37 heavy (non-hydrogen) atoms. The molecule has 2 N–H and O–H groups in total. The average Bonchev–Trinajstić information content (AvgIpc) is 3.32. The number of hydrogen-bond acceptors (Lipinski definition) is 9. The summed E-state index contributed by atoms with van der Waals surface area (Å²) in [6, 6.07) is 14.6. The number of nitrogens with zero attached hydrogens (tertiary/aromatic N) is 4. The Bertz CT molecular complexity index is 1390. The van der Waals surface area contributed by atoms with E-state index in [9.17, 15) is 4.79 Å². The molecule has 10 nitrogen and oxygen atoms in total. The van der Waals surface area contributed by atoms with E-state index in [4.69, 9.17) is 36.3 Å². The van der Waals surface area contributed by atoms with Crippen molar-refractivity contribution < 1.29 is 23.7 Å². The maximum atomic E-state index is 12.9. The van der Waals surface area contributed by atoms with E-state index in [0.717, 1.165) is 17.0 Å². The highest BCUT2D eigenvalue weighted by Gasteiger charge is 2.21. The SMILES string of the molecule is COc1ccc(N(C)c2cc(Cl)nn3c(C(=O)O[C@H](C)COCc4ccc(OC)c(N)c4)cnc23)cc1. The fraction of sp³-hybridized carbons (Fsp3) is 0.269.